The van der Waals surface area contributed by atoms with Crippen molar-refractivity contribution < 1.29 is 28.6 Å². The summed E-state index contributed by atoms with van der Waals surface area (Å²) in [5.41, 5.74) is 0. The molecule has 0 aromatic heterocycles. The monoisotopic (exact) mass is 915 g/mol. The third-order valence-corrected chi connectivity index (χ3v) is 11.0. The molecule has 1 atom stereocenters. The Kier molecular flexibility index (Phi) is 50.5. The van der Waals surface area contributed by atoms with Gasteiger partial charge in [0.05, 0.1) is 0 Å². The van der Waals surface area contributed by atoms with Crippen LogP contribution in [0.3, 0.4) is 0 Å². The Bertz CT molecular complexity index is 1370. The molecule has 0 aliphatic carbocycles. The minimum Gasteiger partial charge on any atom is -0.462 e. The van der Waals surface area contributed by atoms with Crippen molar-refractivity contribution in [2.24, 2.45) is 0 Å². The van der Waals surface area contributed by atoms with Crippen LogP contribution in [-0.4, -0.2) is 37.2 Å². The number of carbonyl (C=O) groups is 3. The predicted molar refractivity (Wildman–Crippen MR) is 283 cm³/mol. The standard InChI is InChI=1S/C60H98O6/c1-4-7-10-13-16-19-22-25-27-29-30-31-33-35-38-41-44-47-50-53-59(62)65-56-57(55-64-58(61)52-49-46-43-40-37-34-24-21-18-15-12-9-6-3)66-60(63)54-51-48-45-42-39-36-32-28-26-23-20-17-14-11-8-5-2/h7,10,16,19,25,27-28,30-32,34-35,37-38,43-44,46-47,57H,4-6,8-9,11-15,17-18,20-24,26,29,33,36,39-42,45,48-56H2,1-3H3/b10-7-,19-16-,27-25-,31-30-,32-28-,37-34-,38-35-,46-43-,47-44-. The second-order valence-electron chi connectivity index (χ2n) is 17.4. The summed E-state index contributed by atoms with van der Waals surface area (Å²) < 4.78 is 16.7. The second-order valence-corrected chi connectivity index (χ2v) is 17.4. The van der Waals surface area contributed by atoms with Gasteiger partial charge in [-0.1, -0.05) is 220 Å². The third-order valence-electron chi connectivity index (χ3n) is 11.0. The van der Waals surface area contributed by atoms with Gasteiger partial charge in [0.2, 0.25) is 0 Å². The van der Waals surface area contributed by atoms with E-state index in [2.05, 4.69) is 112 Å². The summed E-state index contributed by atoms with van der Waals surface area (Å²) in [5, 5.41) is 0. The van der Waals surface area contributed by atoms with Gasteiger partial charge >= 0.3 is 17.9 Å². The van der Waals surface area contributed by atoms with Gasteiger partial charge in [-0.15, -0.1) is 0 Å². The lowest BCUT2D eigenvalue weighted by Crippen LogP contribution is -2.30. The van der Waals surface area contributed by atoms with Crippen LogP contribution < -0.4 is 0 Å². The normalized spacial score (nSPS) is 13.0. The number of esters is 3. The SMILES string of the molecule is CC/C=C\C/C=C\C/C=C\C/C=C\C/C=C\C/C=C\CCC(=O)OCC(COC(=O)CC/C=C\C/C=C\CCCCCCCC)OC(=O)CCCCCCC/C=C\CCCCCCCCC. The largest absolute Gasteiger partial charge is 0.462 e. The van der Waals surface area contributed by atoms with Gasteiger partial charge in [0, 0.05) is 19.3 Å². The van der Waals surface area contributed by atoms with E-state index in [9.17, 15) is 14.4 Å². The van der Waals surface area contributed by atoms with Gasteiger partial charge in [0.15, 0.2) is 6.10 Å². The molecular formula is C60H98O6. The first-order valence-corrected chi connectivity index (χ1v) is 26.9. The average Bonchev–Trinajstić information content (AvgIpc) is 3.31. The van der Waals surface area contributed by atoms with E-state index in [0.29, 0.717) is 12.8 Å². The van der Waals surface area contributed by atoms with Crippen LogP contribution in [0.1, 0.15) is 233 Å². The van der Waals surface area contributed by atoms with E-state index in [1.165, 1.54) is 96.3 Å². The molecule has 0 amide bonds. The zero-order valence-corrected chi connectivity index (χ0v) is 42.7. The molecule has 6 heteroatoms. The Hall–Kier alpha value is -3.93. The lowest BCUT2D eigenvalue weighted by Gasteiger charge is -2.18. The van der Waals surface area contributed by atoms with Crippen LogP contribution >= 0.6 is 0 Å². The molecule has 0 saturated heterocycles. The van der Waals surface area contributed by atoms with E-state index in [1.54, 1.807) is 0 Å². The van der Waals surface area contributed by atoms with Crippen molar-refractivity contribution in [3.05, 3.63) is 109 Å². The van der Waals surface area contributed by atoms with E-state index in [1.807, 2.05) is 18.2 Å². The molecule has 0 aromatic rings. The smallest absolute Gasteiger partial charge is 0.306 e. The number of hydrogen-bond donors (Lipinski definition) is 0. The van der Waals surface area contributed by atoms with Gasteiger partial charge in [-0.3, -0.25) is 14.4 Å². The Balaban J connectivity index is 4.57. The second kappa shape index (κ2) is 53.7. The van der Waals surface area contributed by atoms with Crippen molar-refractivity contribution in [2.75, 3.05) is 13.2 Å². The minimum absolute atomic E-state index is 0.137. The summed E-state index contributed by atoms with van der Waals surface area (Å²) in [4.78, 5) is 38.0. The number of ether oxygens (including phenoxy) is 3. The molecule has 0 aliphatic heterocycles. The summed E-state index contributed by atoms with van der Waals surface area (Å²) in [6.07, 6.45) is 72.4. The molecule has 0 N–H and O–H groups in total. The topological polar surface area (TPSA) is 78.9 Å². The van der Waals surface area contributed by atoms with Crippen LogP contribution in [0.5, 0.6) is 0 Å². The van der Waals surface area contributed by atoms with Crippen molar-refractivity contribution >= 4 is 17.9 Å². The number of rotatable bonds is 47. The first-order chi connectivity index (χ1) is 32.5. The van der Waals surface area contributed by atoms with E-state index >= 15 is 0 Å². The van der Waals surface area contributed by atoms with Crippen LogP contribution in [0.25, 0.3) is 0 Å². The molecular weight excluding hydrogens is 817 g/mol. The summed E-state index contributed by atoms with van der Waals surface area (Å²) in [6.45, 7) is 6.38. The van der Waals surface area contributed by atoms with Crippen molar-refractivity contribution in [3.8, 4) is 0 Å². The van der Waals surface area contributed by atoms with E-state index in [-0.39, 0.29) is 50.4 Å². The molecule has 0 spiro atoms. The molecule has 6 nitrogen and oxygen atoms in total. The van der Waals surface area contributed by atoms with Crippen molar-refractivity contribution in [2.45, 2.75) is 239 Å². The van der Waals surface area contributed by atoms with Gasteiger partial charge in [-0.2, -0.15) is 0 Å². The van der Waals surface area contributed by atoms with Crippen LogP contribution in [0.2, 0.25) is 0 Å². The molecule has 0 heterocycles. The molecule has 66 heavy (non-hydrogen) atoms. The van der Waals surface area contributed by atoms with Crippen LogP contribution in [0.15, 0.2) is 109 Å². The molecule has 0 bridgehead atoms. The Morgan fingerprint density at radius 2 is 0.621 bits per heavy atom. The molecule has 0 fully saturated rings. The summed E-state index contributed by atoms with van der Waals surface area (Å²) in [7, 11) is 0. The predicted octanol–water partition coefficient (Wildman–Crippen LogP) is 17.9. The maximum atomic E-state index is 12.8. The molecule has 0 radical (unpaired) electrons. The molecule has 0 aliphatic rings. The highest BCUT2D eigenvalue weighted by atomic mass is 16.6. The Morgan fingerprint density at radius 3 is 1.00 bits per heavy atom. The lowest BCUT2D eigenvalue weighted by molar-refractivity contribution is -0.166. The molecule has 0 aromatic carbocycles. The van der Waals surface area contributed by atoms with Gasteiger partial charge in [0.25, 0.3) is 0 Å². The Labute approximate surface area is 406 Å². The number of unbranched alkanes of at least 4 members (excludes halogenated alkanes) is 18. The fourth-order valence-corrected chi connectivity index (χ4v) is 6.99. The third kappa shape index (κ3) is 51.1. The van der Waals surface area contributed by atoms with Crippen molar-refractivity contribution in [3.63, 3.8) is 0 Å². The van der Waals surface area contributed by atoms with Crippen molar-refractivity contribution in [1.82, 2.24) is 0 Å². The number of hydrogen-bond acceptors (Lipinski definition) is 6. The number of carbonyl (C=O) groups excluding carboxylic acids is 3. The molecule has 0 rings (SSSR count). The highest BCUT2D eigenvalue weighted by Crippen LogP contribution is 2.13. The first-order valence-electron chi connectivity index (χ1n) is 26.9. The summed E-state index contributed by atoms with van der Waals surface area (Å²) in [6, 6.07) is 0. The maximum absolute atomic E-state index is 12.8. The first kappa shape index (κ1) is 62.1. The maximum Gasteiger partial charge on any atom is 0.306 e. The van der Waals surface area contributed by atoms with Crippen LogP contribution in [-0.2, 0) is 28.6 Å². The van der Waals surface area contributed by atoms with E-state index in [4.69, 9.17) is 14.2 Å². The molecule has 0 saturated carbocycles. The highest BCUT2D eigenvalue weighted by Gasteiger charge is 2.19. The molecule has 1 unspecified atom stereocenters. The lowest BCUT2D eigenvalue weighted by atomic mass is 10.1. The quantitative estimate of drug-likeness (QED) is 0.0262. The van der Waals surface area contributed by atoms with Gasteiger partial charge in [-0.25, -0.2) is 0 Å². The highest BCUT2D eigenvalue weighted by molar-refractivity contribution is 5.71. The Morgan fingerprint density at radius 1 is 0.318 bits per heavy atom. The molecule has 374 valence electrons. The fourth-order valence-electron chi connectivity index (χ4n) is 6.99. The van der Waals surface area contributed by atoms with Crippen LogP contribution in [0, 0.1) is 0 Å². The van der Waals surface area contributed by atoms with Crippen molar-refractivity contribution in [1.29, 1.82) is 0 Å². The zero-order valence-electron chi connectivity index (χ0n) is 42.7. The minimum atomic E-state index is -0.837. The summed E-state index contributed by atoms with van der Waals surface area (Å²) >= 11 is 0. The fraction of sp³-hybridized carbons (Fsp3) is 0.650. The van der Waals surface area contributed by atoms with Gasteiger partial charge < -0.3 is 14.2 Å². The number of allylic oxidation sites excluding steroid dienone is 18. The average molecular weight is 915 g/mol. The van der Waals surface area contributed by atoms with Gasteiger partial charge in [-0.05, 0) is 103 Å². The summed E-state index contributed by atoms with van der Waals surface area (Å²) in [5.74, 6) is -1.09. The van der Waals surface area contributed by atoms with E-state index < -0.39 is 6.10 Å². The van der Waals surface area contributed by atoms with Crippen LogP contribution in [0.4, 0.5) is 0 Å². The van der Waals surface area contributed by atoms with Gasteiger partial charge in [0.1, 0.15) is 13.2 Å². The van der Waals surface area contributed by atoms with E-state index in [0.717, 1.165) is 83.5 Å². The zero-order chi connectivity index (χ0) is 47.9.